The molecule has 1 fully saturated rings. The molecule has 2 heterocycles. The van der Waals surface area contributed by atoms with E-state index >= 15 is 0 Å². The average molecular weight is 549 g/mol. The van der Waals surface area contributed by atoms with Gasteiger partial charge in [0.2, 0.25) is 5.91 Å². The summed E-state index contributed by atoms with van der Waals surface area (Å²) in [5.41, 5.74) is -0.206. The number of likely N-dealkylation sites (tertiary alicyclic amines) is 1. The zero-order valence-corrected chi connectivity index (χ0v) is 21.7. The van der Waals surface area contributed by atoms with Crippen LogP contribution in [0.15, 0.2) is 66.9 Å². The Kier molecular flexibility index (Phi) is 9.19. The number of carbonyl (C=O) groups is 2. The molecule has 40 heavy (non-hydrogen) atoms. The largest absolute Gasteiger partial charge is 0.457 e. The molecule has 1 aromatic heterocycles. The number of hydrogen-bond acceptors (Lipinski definition) is 5. The van der Waals surface area contributed by atoms with E-state index in [0.717, 1.165) is 32.0 Å². The van der Waals surface area contributed by atoms with E-state index in [1.807, 2.05) is 0 Å². The van der Waals surface area contributed by atoms with Crippen molar-refractivity contribution in [3.8, 4) is 23.3 Å². The summed E-state index contributed by atoms with van der Waals surface area (Å²) in [6, 6.07) is 13.5. The predicted molar refractivity (Wildman–Crippen MR) is 146 cm³/mol. The summed E-state index contributed by atoms with van der Waals surface area (Å²) in [6.07, 6.45) is 1.70. The average Bonchev–Trinajstić information content (AvgIpc) is 3.45. The zero-order valence-electron chi connectivity index (χ0n) is 21.7. The monoisotopic (exact) mass is 548 g/mol. The SMILES string of the molecule is CNC(=O)c1cc(Oc2cccc(C=CC(=O)Nc3ccc(C#CCN4CCCC4)c(C(F)(F)F)c3)c2)ccn1. The number of pyridine rings is 1. The van der Waals surface area contributed by atoms with Crippen molar-refractivity contribution in [2.75, 3.05) is 32.0 Å². The van der Waals surface area contributed by atoms with Crippen molar-refractivity contribution in [3.63, 3.8) is 0 Å². The maximum atomic E-state index is 13.7. The van der Waals surface area contributed by atoms with Crippen LogP contribution in [0.5, 0.6) is 11.5 Å². The van der Waals surface area contributed by atoms with E-state index < -0.39 is 17.6 Å². The van der Waals surface area contributed by atoms with Crippen LogP contribution in [-0.2, 0) is 11.0 Å². The molecule has 1 aliphatic heterocycles. The molecule has 2 amide bonds. The quantitative estimate of drug-likeness (QED) is 0.307. The Morgan fingerprint density at radius 1 is 1.07 bits per heavy atom. The van der Waals surface area contributed by atoms with Crippen molar-refractivity contribution in [2.24, 2.45) is 0 Å². The van der Waals surface area contributed by atoms with E-state index in [1.54, 1.807) is 30.3 Å². The van der Waals surface area contributed by atoms with Gasteiger partial charge in [-0.1, -0.05) is 24.0 Å². The molecule has 0 atom stereocenters. The molecule has 0 spiro atoms. The van der Waals surface area contributed by atoms with E-state index in [2.05, 4.69) is 32.4 Å². The first-order chi connectivity index (χ1) is 19.2. The molecule has 0 bridgehead atoms. The number of benzene rings is 2. The van der Waals surface area contributed by atoms with Crippen LogP contribution < -0.4 is 15.4 Å². The third kappa shape index (κ3) is 7.94. The van der Waals surface area contributed by atoms with Gasteiger partial charge in [-0.2, -0.15) is 13.2 Å². The second kappa shape index (κ2) is 13.0. The Morgan fingerprint density at radius 2 is 1.85 bits per heavy atom. The van der Waals surface area contributed by atoms with Crippen molar-refractivity contribution in [2.45, 2.75) is 19.0 Å². The maximum Gasteiger partial charge on any atom is 0.417 e. The molecule has 2 aromatic carbocycles. The minimum absolute atomic E-state index is 0.00811. The van der Waals surface area contributed by atoms with Crippen LogP contribution in [0.1, 0.15) is 40.0 Å². The molecule has 1 aliphatic rings. The van der Waals surface area contributed by atoms with E-state index in [9.17, 15) is 22.8 Å². The van der Waals surface area contributed by atoms with E-state index in [4.69, 9.17) is 4.74 Å². The van der Waals surface area contributed by atoms with Crippen molar-refractivity contribution >= 4 is 23.6 Å². The highest BCUT2D eigenvalue weighted by atomic mass is 19.4. The topological polar surface area (TPSA) is 83.6 Å². The fourth-order valence-electron chi connectivity index (χ4n) is 4.05. The van der Waals surface area contributed by atoms with Crippen LogP contribution in [0.2, 0.25) is 0 Å². The zero-order chi connectivity index (χ0) is 28.5. The molecule has 0 aliphatic carbocycles. The highest BCUT2D eigenvalue weighted by Crippen LogP contribution is 2.33. The summed E-state index contributed by atoms with van der Waals surface area (Å²) in [7, 11) is 1.50. The highest BCUT2D eigenvalue weighted by Gasteiger charge is 2.33. The molecule has 2 N–H and O–H groups in total. The van der Waals surface area contributed by atoms with Gasteiger partial charge in [-0.05, 0) is 74.0 Å². The van der Waals surface area contributed by atoms with Gasteiger partial charge in [0.1, 0.15) is 17.2 Å². The standard InChI is InChI=1S/C30H27F3N4O3/c1-34-29(39)27-20-25(13-14-35-27)40-24-8-4-6-21(18-24)9-12-28(38)36-23-11-10-22(26(19-23)30(31,32)33)7-5-17-37-15-2-3-16-37/h4,6,8-14,18-20H,2-3,15-17H2,1H3,(H,34,39)(H,36,38). The summed E-state index contributed by atoms with van der Waals surface area (Å²) in [6.45, 7) is 2.23. The first kappa shape index (κ1) is 28.4. The molecule has 0 radical (unpaired) electrons. The van der Waals surface area contributed by atoms with Crippen LogP contribution in [0.3, 0.4) is 0 Å². The normalized spacial score (nSPS) is 13.5. The third-order valence-electron chi connectivity index (χ3n) is 6.03. The van der Waals surface area contributed by atoms with Gasteiger partial charge in [-0.15, -0.1) is 0 Å². The van der Waals surface area contributed by atoms with Gasteiger partial charge in [-0.25, -0.2) is 0 Å². The van der Waals surface area contributed by atoms with E-state index in [1.165, 1.54) is 43.6 Å². The number of amides is 2. The summed E-state index contributed by atoms with van der Waals surface area (Å²) in [4.78, 5) is 30.3. The highest BCUT2D eigenvalue weighted by molar-refractivity contribution is 6.02. The van der Waals surface area contributed by atoms with Gasteiger partial charge in [0, 0.05) is 36.6 Å². The molecular weight excluding hydrogens is 521 g/mol. The fraction of sp³-hybridized carbons (Fsp3) is 0.233. The summed E-state index contributed by atoms with van der Waals surface area (Å²) < 4.78 is 46.9. The van der Waals surface area contributed by atoms with Crippen molar-refractivity contribution in [1.29, 1.82) is 0 Å². The van der Waals surface area contributed by atoms with Crippen LogP contribution in [0.4, 0.5) is 18.9 Å². The predicted octanol–water partition coefficient (Wildman–Crippen LogP) is 5.35. The molecule has 10 heteroatoms. The Balaban J connectivity index is 1.41. The number of anilines is 1. The summed E-state index contributed by atoms with van der Waals surface area (Å²) in [5.74, 6) is 5.37. The number of nitrogens with one attached hydrogen (secondary N) is 2. The van der Waals surface area contributed by atoms with Gasteiger partial charge in [0.05, 0.1) is 12.1 Å². The Labute approximate surface area is 230 Å². The maximum absolute atomic E-state index is 13.7. The van der Waals surface area contributed by atoms with Gasteiger partial charge >= 0.3 is 6.18 Å². The number of ether oxygens (including phenoxy) is 1. The number of nitrogens with zero attached hydrogens (tertiary/aromatic N) is 2. The van der Waals surface area contributed by atoms with Crippen molar-refractivity contribution < 1.29 is 27.5 Å². The number of rotatable bonds is 7. The second-order valence-electron chi connectivity index (χ2n) is 9.00. The summed E-state index contributed by atoms with van der Waals surface area (Å²) in [5, 5.41) is 4.96. The first-order valence-corrected chi connectivity index (χ1v) is 12.6. The lowest BCUT2D eigenvalue weighted by molar-refractivity contribution is -0.137. The number of aromatic nitrogens is 1. The minimum atomic E-state index is -4.62. The Morgan fingerprint density at radius 3 is 2.60 bits per heavy atom. The summed E-state index contributed by atoms with van der Waals surface area (Å²) >= 11 is 0. The number of carbonyl (C=O) groups excluding carboxylic acids is 2. The van der Waals surface area contributed by atoms with Crippen molar-refractivity contribution in [3.05, 3.63) is 89.3 Å². The molecule has 206 valence electrons. The van der Waals surface area contributed by atoms with E-state index in [0.29, 0.717) is 23.6 Å². The Hall–Kier alpha value is -4.62. The molecule has 0 unspecified atom stereocenters. The Bertz CT molecular complexity index is 1470. The number of halogens is 3. The molecule has 1 saturated heterocycles. The molecule has 3 aromatic rings. The lowest BCUT2D eigenvalue weighted by Gasteiger charge is -2.12. The van der Waals surface area contributed by atoms with Crippen LogP contribution in [0.25, 0.3) is 6.08 Å². The van der Waals surface area contributed by atoms with Gasteiger partial charge in [0.25, 0.3) is 5.91 Å². The van der Waals surface area contributed by atoms with Gasteiger partial charge < -0.3 is 15.4 Å². The fourth-order valence-corrected chi connectivity index (χ4v) is 4.05. The smallest absolute Gasteiger partial charge is 0.417 e. The molecule has 4 rings (SSSR count). The van der Waals surface area contributed by atoms with Crippen molar-refractivity contribution in [1.82, 2.24) is 15.2 Å². The second-order valence-corrected chi connectivity index (χ2v) is 9.00. The molecular formula is C30H27F3N4O3. The van der Waals surface area contributed by atoms with Gasteiger partial charge in [0.15, 0.2) is 0 Å². The van der Waals surface area contributed by atoms with Gasteiger partial charge in [-0.3, -0.25) is 19.5 Å². The third-order valence-corrected chi connectivity index (χ3v) is 6.03. The minimum Gasteiger partial charge on any atom is -0.457 e. The number of hydrogen-bond donors (Lipinski definition) is 2. The molecule has 0 saturated carbocycles. The lowest BCUT2D eigenvalue weighted by Crippen LogP contribution is -2.19. The van der Waals surface area contributed by atoms with Crippen LogP contribution >= 0.6 is 0 Å². The molecule has 7 nitrogen and oxygen atoms in total. The number of alkyl halides is 3. The first-order valence-electron chi connectivity index (χ1n) is 12.6. The van der Waals surface area contributed by atoms with Crippen LogP contribution in [0, 0.1) is 11.8 Å². The van der Waals surface area contributed by atoms with E-state index in [-0.39, 0.29) is 22.9 Å². The van der Waals surface area contributed by atoms with Crippen LogP contribution in [-0.4, -0.2) is 48.4 Å². The lowest BCUT2D eigenvalue weighted by atomic mass is 10.1.